The van der Waals surface area contributed by atoms with Crippen molar-refractivity contribution in [2.24, 2.45) is 0 Å². The Hall–Kier alpha value is -0.500. The van der Waals surface area contributed by atoms with Crippen LogP contribution in [0.5, 0.6) is 0 Å². The van der Waals surface area contributed by atoms with Crippen LogP contribution in [0, 0.1) is 0 Å². The molecule has 0 unspecified atom stereocenters. The molecular formula is CH3O8P. The van der Waals surface area contributed by atoms with E-state index >= 15 is 0 Å². The van der Waals surface area contributed by atoms with Crippen molar-refractivity contribution in [3.63, 3.8) is 0 Å². The standard InChI is InChI=1S/CH3O8P/c2-1(7-3)10(6,8-4)9-5/h3-5H. The van der Waals surface area contributed by atoms with E-state index in [-0.39, 0.29) is 0 Å². The third-order valence-electron chi connectivity index (χ3n) is 0.517. The topological polar surface area (TPSA) is 123 Å². The highest BCUT2D eigenvalue weighted by Crippen LogP contribution is 2.47. The lowest BCUT2D eigenvalue weighted by molar-refractivity contribution is -0.216. The van der Waals surface area contributed by atoms with Crippen molar-refractivity contribution in [1.29, 1.82) is 0 Å². The minimum Gasteiger partial charge on any atom is -0.287 e. The van der Waals surface area contributed by atoms with E-state index in [2.05, 4.69) is 14.2 Å². The van der Waals surface area contributed by atoms with E-state index in [4.69, 9.17) is 15.8 Å². The van der Waals surface area contributed by atoms with Gasteiger partial charge in [0.1, 0.15) is 0 Å². The number of rotatable bonds is 3. The second kappa shape index (κ2) is 3.62. The molecule has 0 aromatic heterocycles. The Labute approximate surface area is 53.9 Å². The summed E-state index contributed by atoms with van der Waals surface area (Å²) >= 11 is 0. The molecule has 0 radical (unpaired) electrons. The zero-order chi connectivity index (χ0) is 8.20. The Bertz CT molecular complexity index is 153. The summed E-state index contributed by atoms with van der Waals surface area (Å²) in [4.78, 5) is 12.8. The second-order valence-electron chi connectivity index (χ2n) is 1.02. The molecule has 0 aromatic carbocycles. The number of carbonyl (C=O) groups is 1. The normalized spacial score (nSPS) is 11.1. The van der Waals surface area contributed by atoms with Crippen molar-refractivity contribution in [2.45, 2.75) is 0 Å². The summed E-state index contributed by atoms with van der Waals surface area (Å²) in [5, 5.41) is 22.8. The quantitative estimate of drug-likeness (QED) is 0.325. The van der Waals surface area contributed by atoms with E-state index in [1.165, 1.54) is 0 Å². The van der Waals surface area contributed by atoms with Crippen molar-refractivity contribution >= 4 is 13.3 Å². The third-order valence-corrected chi connectivity index (χ3v) is 1.48. The average molecular weight is 174 g/mol. The molecule has 0 heterocycles. The maximum absolute atomic E-state index is 10.3. The van der Waals surface area contributed by atoms with Crippen LogP contribution in [0.1, 0.15) is 0 Å². The summed E-state index contributed by atoms with van der Waals surface area (Å²) in [5.74, 6) is 0. The van der Waals surface area contributed by atoms with Gasteiger partial charge in [-0.1, -0.05) is 0 Å². The monoisotopic (exact) mass is 174 g/mol. The molecule has 0 bridgehead atoms. The van der Waals surface area contributed by atoms with Gasteiger partial charge in [-0.25, -0.2) is 19.9 Å². The van der Waals surface area contributed by atoms with Gasteiger partial charge in [0, 0.05) is 0 Å². The third kappa shape index (κ3) is 1.74. The van der Waals surface area contributed by atoms with Gasteiger partial charge in [-0.2, -0.15) is 5.26 Å². The Morgan fingerprint density at radius 2 is 1.60 bits per heavy atom. The fourth-order valence-electron chi connectivity index (χ4n) is 0.132. The van der Waals surface area contributed by atoms with E-state index in [0.717, 1.165) is 0 Å². The van der Waals surface area contributed by atoms with Gasteiger partial charge in [-0.3, -0.25) is 4.89 Å². The molecule has 60 valence electrons. The van der Waals surface area contributed by atoms with Gasteiger partial charge in [0.25, 0.3) is 0 Å². The molecule has 0 aliphatic carbocycles. The van der Waals surface area contributed by atoms with Crippen LogP contribution in [0.25, 0.3) is 0 Å². The van der Waals surface area contributed by atoms with Crippen molar-refractivity contribution < 1.29 is 39.4 Å². The summed E-state index contributed by atoms with van der Waals surface area (Å²) in [6, 6.07) is 0. The molecule has 10 heavy (non-hydrogen) atoms. The first-order valence-corrected chi connectivity index (χ1v) is 3.27. The molecule has 0 rings (SSSR count). The maximum Gasteiger partial charge on any atom is 0.494 e. The summed E-state index contributed by atoms with van der Waals surface area (Å²) in [6.45, 7) is 0. The van der Waals surface area contributed by atoms with Gasteiger partial charge >= 0.3 is 13.3 Å². The van der Waals surface area contributed by atoms with Crippen LogP contribution in [-0.4, -0.2) is 21.5 Å². The predicted octanol–water partition coefficient (Wildman–Crippen LogP) is 0.768. The van der Waals surface area contributed by atoms with Crippen molar-refractivity contribution in [2.75, 3.05) is 0 Å². The van der Waals surface area contributed by atoms with E-state index in [0.29, 0.717) is 0 Å². The Balaban J connectivity index is 4.34. The van der Waals surface area contributed by atoms with Crippen LogP contribution >= 0.6 is 7.60 Å². The number of hydrogen-bond acceptors (Lipinski definition) is 8. The molecule has 0 spiro atoms. The molecule has 8 nitrogen and oxygen atoms in total. The molecule has 0 fully saturated rings. The molecule has 0 amide bonds. The molecule has 9 heteroatoms. The molecule has 0 saturated carbocycles. The SMILES string of the molecule is O=C(OO)P(=O)(OO)OO. The smallest absolute Gasteiger partial charge is 0.287 e. The lowest BCUT2D eigenvalue weighted by atomic mass is 11.6. The van der Waals surface area contributed by atoms with E-state index in [1.54, 1.807) is 0 Å². The first kappa shape index (κ1) is 9.50. The zero-order valence-electron chi connectivity index (χ0n) is 4.33. The van der Waals surface area contributed by atoms with Crippen LogP contribution in [0.15, 0.2) is 0 Å². The largest absolute Gasteiger partial charge is 0.494 e. The number of hydrogen-bond donors (Lipinski definition) is 3. The van der Waals surface area contributed by atoms with Crippen LogP contribution in [0.4, 0.5) is 4.79 Å². The van der Waals surface area contributed by atoms with E-state index < -0.39 is 13.3 Å². The predicted molar refractivity (Wildman–Crippen MR) is 24.1 cm³/mol. The maximum atomic E-state index is 10.3. The lowest BCUT2D eigenvalue weighted by Gasteiger charge is -2.03. The molecular weight excluding hydrogens is 171 g/mol. The highest BCUT2D eigenvalue weighted by Gasteiger charge is 2.39. The highest BCUT2D eigenvalue weighted by molar-refractivity contribution is 7.71. The van der Waals surface area contributed by atoms with Gasteiger partial charge in [0.2, 0.25) is 0 Å². The zero-order valence-corrected chi connectivity index (χ0v) is 5.22. The fourth-order valence-corrected chi connectivity index (χ4v) is 0.395. The first-order valence-electron chi connectivity index (χ1n) is 1.73. The van der Waals surface area contributed by atoms with Gasteiger partial charge in [0.15, 0.2) is 0 Å². The van der Waals surface area contributed by atoms with Crippen molar-refractivity contribution in [3.8, 4) is 0 Å². The summed E-state index contributed by atoms with van der Waals surface area (Å²) in [6.07, 6.45) is 0. The molecule has 0 atom stereocenters. The Morgan fingerprint density at radius 3 is 1.70 bits per heavy atom. The first-order chi connectivity index (χ1) is 4.60. The van der Waals surface area contributed by atoms with Crippen LogP contribution < -0.4 is 0 Å². The van der Waals surface area contributed by atoms with Crippen molar-refractivity contribution in [3.05, 3.63) is 0 Å². The average Bonchev–Trinajstić information content (AvgIpc) is 2.01. The highest BCUT2D eigenvalue weighted by atomic mass is 31.2. The van der Waals surface area contributed by atoms with Gasteiger partial charge < -0.3 is 0 Å². The lowest BCUT2D eigenvalue weighted by Crippen LogP contribution is -2.03. The van der Waals surface area contributed by atoms with Gasteiger partial charge in [-0.15, -0.1) is 9.35 Å². The van der Waals surface area contributed by atoms with E-state index in [1.807, 2.05) is 0 Å². The summed E-state index contributed by atoms with van der Waals surface area (Å²) in [5.41, 5.74) is -1.93. The Kier molecular flexibility index (Phi) is 3.43. The molecule has 0 aliphatic rings. The van der Waals surface area contributed by atoms with Crippen LogP contribution in [0.2, 0.25) is 0 Å². The minimum absolute atomic E-state index is 1.93. The van der Waals surface area contributed by atoms with E-state index in [9.17, 15) is 9.36 Å². The van der Waals surface area contributed by atoms with Crippen LogP contribution in [-0.2, 0) is 18.8 Å². The molecule has 3 N–H and O–H groups in total. The second-order valence-corrected chi connectivity index (χ2v) is 2.70. The van der Waals surface area contributed by atoms with Crippen molar-refractivity contribution in [1.82, 2.24) is 0 Å². The molecule has 0 aromatic rings. The fraction of sp³-hybridized carbons (Fsp3) is 0. The van der Waals surface area contributed by atoms with Gasteiger partial charge in [-0.05, 0) is 0 Å². The summed E-state index contributed by atoms with van der Waals surface area (Å²) < 4.78 is 16.1. The molecule has 0 saturated heterocycles. The molecule has 0 aliphatic heterocycles. The van der Waals surface area contributed by atoms with Gasteiger partial charge in [0.05, 0.1) is 0 Å². The van der Waals surface area contributed by atoms with Crippen LogP contribution in [0.3, 0.4) is 0 Å². The number of carbonyl (C=O) groups excluding carboxylic acids is 1. The minimum atomic E-state index is -4.77. The Morgan fingerprint density at radius 1 is 1.20 bits per heavy atom. The summed E-state index contributed by atoms with van der Waals surface area (Å²) in [7, 11) is -4.77.